The van der Waals surface area contributed by atoms with E-state index in [1.165, 1.54) is 0 Å². The lowest BCUT2D eigenvalue weighted by Crippen LogP contribution is -1.98. The number of rotatable bonds is 14. The normalized spacial score (nSPS) is 15.5. The molecule has 4 nitrogen and oxygen atoms in total. The van der Waals surface area contributed by atoms with Crippen LogP contribution in [-0.2, 0) is 4.79 Å². The van der Waals surface area contributed by atoms with Crippen molar-refractivity contribution < 1.29 is 20.1 Å². The van der Waals surface area contributed by atoms with Gasteiger partial charge in [0.15, 0.2) is 0 Å². The van der Waals surface area contributed by atoms with E-state index in [1.54, 1.807) is 24.3 Å². The molecule has 0 rings (SSSR count). The molecule has 0 aromatic carbocycles. The molecule has 2 atom stereocenters. The van der Waals surface area contributed by atoms with Crippen LogP contribution in [0.1, 0.15) is 45.4 Å². The van der Waals surface area contributed by atoms with E-state index in [9.17, 15) is 15.0 Å². The first-order chi connectivity index (χ1) is 12.6. The Morgan fingerprint density at radius 3 is 1.88 bits per heavy atom. The number of aliphatic carboxylic acids is 1. The third-order valence-corrected chi connectivity index (χ3v) is 3.29. The van der Waals surface area contributed by atoms with E-state index in [0.29, 0.717) is 19.3 Å². The van der Waals surface area contributed by atoms with E-state index < -0.39 is 18.2 Å². The Balaban J connectivity index is 3.87. The molecule has 0 saturated carbocycles. The van der Waals surface area contributed by atoms with Crippen LogP contribution in [0.25, 0.3) is 0 Å². The SMILES string of the molecule is CC/C=C\CC(O)/C=C/C=C/C=C/C(O)C/C=C\C/C=C\CCC(=O)O. The van der Waals surface area contributed by atoms with Gasteiger partial charge in [-0.05, 0) is 32.1 Å². The van der Waals surface area contributed by atoms with Crippen molar-refractivity contribution >= 4 is 5.97 Å². The first-order valence-corrected chi connectivity index (χ1v) is 9.10. The summed E-state index contributed by atoms with van der Waals surface area (Å²) in [7, 11) is 0. The number of aliphatic hydroxyl groups excluding tert-OH is 2. The minimum Gasteiger partial charge on any atom is -0.481 e. The van der Waals surface area contributed by atoms with Gasteiger partial charge in [-0.1, -0.05) is 79.8 Å². The van der Waals surface area contributed by atoms with Gasteiger partial charge in [0.1, 0.15) is 0 Å². The smallest absolute Gasteiger partial charge is 0.303 e. The van der Waals surface area contributed by atoms with Gasteiger partial charge in [0, 0.05) is 6.42 Å². The van der Waals surface area contributed by atoms with Crippen molar-refractivity contribution in [3.8, 4) is 0 Å². The van der Waals surface area contributed by atoms with E-state index in [2.05, 4.69) is 6.92 Å². The Labute approximate surface area is 157 Å². The van der Waals surface area contributed by atoms with Crippen molar-refractivity contribution in [3.05, 3.63) is 72.9 Å². The Hall–Kier alpha value is -2.17. The van der Waals surface area contributed by atoms with E-state index in [4.69, 9.17) is 5.11 Å². The fourth-order valence-electron chi connectivity index (χ4n) is 1.90. The summed E-state index contributed by atoms with van der Waals surface area (Å²) in [5.41, 5.74) is 0. The molecule has 0 aliphatic rings. The van der Waals surface area contributed by atoms with E-state index in [1.807, 2.05) is 48.6 Å². The Bertz CT molecular complexity index is 524. The van der Waals surface area contributed by atoms with Crippen LogP contribution in [0.4, 0.5) is 0 Å². The maximum absolute atomic E-state index is 10.3. The molecular formula is C22H32O4. The number of hydrogen-bond acceptors (Lipinski definition) is 3. The third-order valence-electron chi connectivity index (χ3n) is 3.29. The van der Waals surface area contributed by atoms with Crippen molar-refractivity contribution in [1.29, 1.82) is 0 Å². The van der Waals surface area contributed by atoms with Crippen LogP contribution in [0.2, 0.25) is 0 Å². The molecule has 0 radical (unpaired) electrons. The molecule has 4 heteroatoms. The molecule has 0 heterocycles. The van der Waals surface area contributed by atoms with Gasteiger partial charge in [-0.15, -0.1) is 0 Å². The van der Waals surface area contributed by atoms with Gasteiger partial charge in [-0.25, -0.2) is 0 Å². The van der Waals surface area contributed by atoms with Crippen LogP contribution in [0.3, 0.4) is 0 Å². The summed E-state index contributed by atoms with van der Waals surface area (Å²) >= 11 is 0. The molecule has 144 valence electrons. The van der Waals surface area contributed by atoms with Crippen LogP contribution in [-0.4, -0.2) is 33.5 Å². The number of allylic oxidation sites excluding steroid dienone is 8. The molecule has 0 aliphatic heterocycles. The first kappa shape index (κ1) is 23.8. The first-order valence-electron chi connectivity index (χ1n) is 9.10. The largest absolute Gasteiger partial charge is 0.481 e. The predicted molar refractivity (Wildman–Crippen MR) is 108 cm³/mol. The summed E-state index contributed by atoms with van der Waals surface area (Å²) in [5, 5.41) is 28.0. The quantitative estimate of drug-likeness (QED) is 0.315. The highest BCUT2D eigenvalue weighted by Gasteiger charge is 1.94. The number of carboxylic acid groups (broad SMARTS) is 1. The number of hydrogen-bond donors (Lipinski definition) is 3. The molecule has 0 spiro atoms. The molecular weight excluding hydrogens is 328 g/mol. The van der Waals surface area contributed by atoms with Crippen LogP contribution >= 0.6 is 0 Å². The number of carbonyl (C=O) groups is 1. The zero-order chi connectivity index (χ0) is 19.5. The predicted octanol–water partition coefficient (Wildman–Crippen LogP) is 4.49. The minimum absolute atomic E-state index is 0.154. The standard InChI is InChI=1S/C22H32O4/c1-2-3-10-15-20(23)17-12-8-9-13-18-21(24)16-11-6-4-5-7-14-19-22(25)26/h3,5-13,17-18,20-21,23-24H,2,4,14-16,19H2,1H3,(H,25,26)/b7-5-,9-8+,10-3-,11-6-,17-12+,18-13+. The average molecular weight is 360 g/mol. The van der Waals surface area contributed by atoms with Crippen LogP contribution in [0, 0.1) is 0 Å². The number of aliphatic hydroxyl groups is 2. The van der Waals surface area contributed by atoms with Crippen LogP contribution < -0.4 is 0 Å². The van der Waals surface area contributed by atoms with Crippen LogP contribution in [0.5, 0.6) is 0 Å². The fraction of sp³-hybridized carbons (Fsp3) is 0.409. The Kier molecular flexibility index (Phi) is 16.2. The van der Waals surface area contributed by atoms with Gasteiger partial charge in [0.25, 0.3) is 0 Å². The highest BCUT2D eigenvalue weighted by atomic mass is 16.4. The van der Waals surface area contributed by atoms with Gasteiger partial charge >= 0.3 is 5.97 Å². The zero-order valence-electron chi connectivity index (χ0n) is 15.6. The molecule has 0 fully saturated rings. The van der Waals surface area contributed by atoms with Crippen molar-refractivity contribution in [3.63, 3.8) is 0 Å². The van der Waals surface area contributed by atoms with Gasteiger partial charge < -0.3 is 15.3 Å². The molecule has 26 heavy (non-hydrogen) atoms. The second-order valence-corrected chi connectivity index (χ2v) is 5.75. The highest BCUT2D eigenvalue weighted by molar-refractivity contribution is 5.66. The van der Waals surface area contributed by atoms with Gasteiger partial charge in [-0.2, -0.15) is 0 Å². The summed E-state index contributed by atoms with van der Waals surface area (Å²) in [6, 6.07) is 0. The second-order valence-electron chi connectivity index (χ2n) is 5.75. The highest BCUT2D eigenvalue weighted by Crippen LogP contribution is 2.00. The Morgan fingerprint density at radius 2 is 1.35 bits per heavy atom. The molecule has 2 unspecified atom stereocenters. The summed E-state index contributed by atoms with van der Waals surface area (Å²) < 4.78 is 0. The molecule has 0 aliphatic carbocycles. The van der Waals surface area contributed by atoms with Crippen molar-refractivity contribution in [2.75, 3.05) is 0 Å². The van der Waals surface area contributed by atoms with Gasteiger partial charge in [0.05, 0.1) is 12.2 Å². The average Bonchev–Trinajstić information content (AvgIpc) is 2.60. The lowest BCUT2D eigenvalue weighted by atomic mass is 10.2. The summed E-state index contributed by atoms with van der Waals surface area (Å²) in [4.78, 5) is 10.3. The van der Waals surface area contributed by atoms with Crippen molar-refractivity contribution in [2.24, 2.45) is 0 Å². The summed E-state index contributed by atoms with van der Waals surface area (Å²) in [6.07, 6.45) is 24.8. The molecule has 0 saturated heterocycles. The maximum Gasteiger partial charge on any atom is 0.303 e. The fourth-order valence-corrected chi connectivity index (χ4v) is 1.90. The maximum atomic E-state index is 10.3. The van der Waals surface area contributed by atoms with Gasteiger partial charge in [0.2, 0.25) is 0 Å². The topological polar surface area (TPSA) is 77.8 Å². The van der Waals surface area contributed by atoms with E-state index >= 15 is 0 Å². The lowest BCUT2D eigenvalue weighted by molar-refractivity contribution is -0.136. The Morgan fingerprint density at radius 1 is 0.808 bits per heavy atom. The monoisotopic (exact) mass is 360 g/mol. The molecule has 3 N–H and O–H groups in total. The van der Waals surface area contributed by atoms with Crippen molar-refractivity contribution in [1.82, 2.24) is 0 Å². The van der Waals surface area contributed by atoms with Crippen molar-refractivity contribution in [2.45, 2.75) is 57.7 Å². The summed E-state index contributed by atoms with van der Waals surface area (Å²) in [6.45, 7) is 2.06. The van der Waals surface area contributed by atoms with E-state index in [-0.39, 0.29) is 6.42 Å². The molecule has 0 bridgehead atoms. The zero-order valence-corrected chi connectivity index (χ0v) is 15.6. The third kappa shape index (κ3) is 18.2. The minimum atomic E-state index is -0.787. The molecule has 0 amide bonds. The van der Waals surface area contributed by atoms with E-state index in [0.717, 1.165) is 12.8 Å². The summed E-state index contributed by atoms with van der Waals surface area (Å²) in [5.74, 6) is -0.787. The number of carboxylic acids is 1. The van der Waals surface area contributed by atoms with Gasteiger partial charge in [-0.3, -0.25) is 4.79 Å². The second kappa shape index (κ2) is 17.6. The van der Waals surface area contributed by atoms with Crippen LogP contribution in [0.15, 0.2) is 72.9 Å². The lowest BCUT2D eigenvalue weighted by Gasteiger charge is -1.99. The molecule has 0 aromatic rings. The molecule has 0 aromatic heterocycles.